The Balaban J connectivity index is 2.13. The van der Waals surface area contributed by atoms with E-state index in [1.54, 1.807) is 24.0 Å². The van der Waals surface area contributed by atoms with Crippen LogP contribution >= 0.6 is 0 Å². The second-order valence-electron chi connectivity index (χ2n) is 8.75. The first kappa shape index (κ1) is 27.4. The summed E-state index contributed by atoms with van der Waals surface area (Å²) in [5.74, 6) is -0.378. The molecule has 0 aliphatic carbocycles. The Labute approximate surface area is 204 Å². The summed E-state index contributed by atoms with van der Waals surface area (Å²) in [4.78, 5) is 27.4. The van der Waals surface area contributed by atoms with Crippen molar-refractivity contribution < 1.29 is 18.0 Å². The maximum Gasteiger partial charge on any atom is 0.242 e. The van der Waals surface area contributed by atoms with Gasteiger partial charge in [-0.2, -0.15) is 0 Å². The SMILES string of the molecule is CCCNC(=O)[C@H](C)N(Cc1ccc(C)cc1)C(=O)CCCN(c1ccc(C)cc1)S(C)(=O)=O. The average molecular weight is 488 g/mol. The standard InChI is InChI=1S/C26H37N3O4S/c1-6-17-27-26(31)22(4)28(19-23-13-9-20(2)10-14-23)25(30)8-7-18-29(34(5,32)33)24-15-11-21(3)12-16-24/h9-16,22H,6-8,17-19H2,1-5H3,(H,27,31)/t22-/m0/s1. The minimum atomic E-state index is -3.50. The molecule has 7 nitrogen and oxygen atoms in total. The molecular formula is C26H37N3O4S. The Morgan fingerprint density at radius 2 is 1.53 bits per heavy atom. The van der Waals surface area contributed by atoms with E-state index in [9.17, 15) is 18.0 Å². The molecule has 0 radical (unpaired) electrons. The van der Waals surface area contributed by atoms with Crippen molar-refractivity contribution in [2.75, 3.05) is 23.7 Å². The van der Waals surface area contributed by atoms with Crippen molar-refractivity contribution in [3.8, 4) is 0 Å². The minimum Gasteiger partial charge on any atom is -0.354 e. The lowest BCUT2D eigenvalue weighted by molar-refractivity contribution is -0.140. The highest BCUT2D eigenvalue weighted by Crippen LogP contribution is 2.20. The van der Waals surface area contributed by atoms with Gasteiger partial charge >= 0.3 is 0 Å². The van der Waals surface area contributed by atoms with Crippen molar-refractivity contribution in [3.05, 3.63) is 65.2 Å². The molecule has 0 fully saturated rings. The van der Waals surface area contributed by atoms with Gasteiger partial charge in [0, 0.05) is 26.1 Å². The van der Waals surface area contributed by atoms with Crippen molar-refractivity contribution in [2.24, 2.45) is 0 Å². The molecule has 1 N–H and O–H groups in total. The fourth-order valence-corrected chi connectivity index (χ4v) is 4.55. The fraction of sp³-hybridized carbons (Fsp3) is 0.462. The smallest absolute Gasteiger partial charge is 0.242 e. The zero-order valence-electron chi connectivity index (χ0n) is 20.9. The molecule has 0 heterocycles. The lowest BCUT2D eigenvalue weighted by atomic mass is 10.1. The molecule has 2 amide bonds. The molecule has 2 aromatic rings. The summed E-state index contributed by atoms with van der Waals surface area (Å²) in [6, 6.07) is 14.5. The van der Waals surface area contributed by atoms with Crippen LogP contribution in [0, 0.1) is 13.8 Å². The third-order valence-corrected chi connectivity index (χ3v) is 6.86. The molecule has 0 aromatic heterocycles. The van der Waals surface area contributed by atoms with Gasteiger partial charge in [0.15, 0.2) is 0 Å². The molecule has 0 aliphatic rings. The Hall–Kier alpha value is -2.87. The lowest BCUT2D eigenvalue weighted by Gasteiger charge is -2.29. The van der Waals surface area contributed by atoms with Crippen molar-refractivity contribution in [2.45, 2.75) is 59.5 Å². The van der Waals surface area contributed by atoms with Gasteiger partial charge in [-0.15, -0.1) is 0 Å². The summed E-state index contributed by atoms with van der Waals surface area (Å²) in [5, 5.41) is 2.86. The number of carbonyl (C=O) groups excluding carboxylic acids is 2. The second kappa shape index (κ2) is 12.6. The molecule has 34 heavy (non-hydrogen) atoms. The van der Waals surface area contributed by atoms with Crippen LogP contribution in [0.4, 0.5) is 5.69 Å². The Kier molecular flexibility index (Phi) is 10.1. The Morgan fingerprint density at radius 3 is 2.06 bits per heavy atom. The highest BCUT2D eigenvalue weighted by Gasteiger charge is 2.26. The zero-order chi connectivity index (χ0) is 25.3. The largest absolute Gasteiger partial charge is 0.354 e. The van der Waals surface area contributed by atoms with Gasteiger partial charge in [-0.1, -0.05) is 54.4 Å². The van der Waals surface area contributed by atoms with Crippen molar-refractivity contribution in [1.29, 1.82) is 0 Å². The number of nitrogens with zero attached hydrogens (tertiary/aromatic N) is 2. The number of aryl methyl sites for hydroxylation is 2. The summed E-state index contributed by atoms with van der Waals surface area (Å²) >= 11 is 0. The maximum absolute atomic E-state index is 13.2. The molecule has 0 unspecified atom stereocenters. The van der Waals surface area contributed by atoms with Crippen LogP contribution in [0.25, 0.3) is 0 Å². The van der Waals surface area contributed by atoms with E-state index in [2.05, 4.69) is 5.32 Å². The zero-order valence-corrected chi connectivity index (χ0v) is 21.7. The average Bonchev–Trinajstić information content (AvgIpc) is 2.79. The predicted molar refractivity (Wildman–Crippen MR) is 137 cm³/mol. The third-order valence-electron chi connectivity index (χ3n) is 5.66. The lowest BCUT2D eigenvalue weighted by Crippen LogP contribution is -2.47. The van der Waals surface area contributed by atoms with E-state index in [0.717, 1.165) is 23.1 Å². The fourth-order valence-electron chi connectivity index (χ4n) is 3.58. The molecule has 186 valence electrons. The van der Waals surface area contributed by atoms with Crippen LogP contribution in [0.15, 0.2) is 48.5 Å². The second-order valence-corrected chi connectivity index (χ2v) is 10.7. The van der Waals surface area contributed by atoms with Crippen molar-refractivity contribution in [3.63, 3.8) is 0 Å². The van der Waals surface area contributed by atoms with Crippen molar-refractivity contribution >= 4 is 27.5 Å². The molecule has 0 spiro atoms. The summed E-state index contributed by atoms with van der Waals surface area (Å²) < 4.78 is 26.1. The first-order chi connectivity index (χ1) is 16.0. The van der Waals surface area contributed by atoms with Gasteiger partial charge in [-0.05, 0) is 51.3 Å². The normalized spacial score (nSPS) is 12.1. The third kappa shape index (κ3) is 8.17. The van der Waals surface area contributed by atoms with E-state index in [1.807, 2.05) is 57.2 Å². The number of rotatable bonds is 12. The highest BCUT2D eigenvalue weighted by atomic mass is 32.2. The quantitative estimate of drug-likeness (QED) is 0.493. The molecule has 2 aromatic carbocycles. The van der Waals surface area contributed by atoms with Crippen LogP contribution in [0.5, 0.6) is 0 Å². The van der Waals surface area contributed by atoms with E-state index < -0.39 is 16.1 Å². The van der Waals surface area contributed by atoms with Gasteiger partial charge in [0.25, 0.3) is 0 Å². The topological polar surface area (TPSA) is 86.8 Å². The van der Waals surface area contributed by atoms with Gasteiger partial charge < -0.3 is 10.2 Å². The van der Waals surface area contributed by atoms with Gasteiger partial charge in [-0.25, -0.2) is 8.42 Å². The summed E-state index contributed by atoms with van der Waals surface area (Å²) in [5.41, 5.74) is 3.66. The monoisotopic (exact) mass is 487 g/mol. The van der Waals surface area contributed by atoms with Crippen molar-refractivity contribution in [1.82, 2.24) is 10.2 Å². The number of hydrogen-bond acceptors (Lipinski definition) is 4. The summed E-state index contributed by atoms with van der Waals surface area (Å²) in [7, 11) is -3.50. The molecule has 8 heteroatoms. The number of benzene rings is 2. The molecule has 0 saturated heterocycles. The number of amides is 2. The molecule has 2 rings (SSSR count). The number of anilines is 1. The molecule has 0 bridgehead atoms. The van der Waals surface area contributed by atoms with E-state index in [-0.39, 0.29) is 24.8 Å². The number of carbonyl (C=O) groups is 2. The van der Waals surface area contributed by atoms with E-state index in [4.69, 9.17) is 0 Å². The molecule has 1 atom stereocenters. The molecule has 0 saturated carbocycles. The maximum atomic E-state index is 13.2. The van der Waals surface area contributed by atoms with Crippen LogP contribution in [-0.4, -0.2) is 50.5 Å². The van der Waals surface area contributed by atoms with Gasteiger partial charge in [0.1, 0.15) is 6.04 Å². The van der Waals surface area contributed by atoms with Crippen LogP contribution in [0.3, 0.4) is 0 Å². The van der Waals surface area contributed by atoms with Crippen LogP contribution < -0.4 is 9.62 Å². The first-order valence-electron chi connectivity index (χ1n) is 11.7. The summed E-state index contributed by atoms with van der Waals surface area (Å²) in [6.45, 7) is 8.68. The Bertz CT molecular complexity index is 1050. The van der Waals surface area contributed by atoms with Crippen LogP contribution in [0.2, 0.25) is 0 Å². The molecular weight excluding hydrogens is 450 g/mol. The van der Waals surface area contributed by atoms with Gasteiger partial charge in [-0.3, -0.25) is 13.9 Å². The van der Waals surface area contributed by atoms with Gasteiger partial charge in [0.2, 0.25) is 21.8 Å². The van der Waals surface area contributed by atoms with E-state index in [0.29, 0.717) is 25.2 Å². The number of hydrogen-bond donors (Lipinski definition) is 1. The number of sulfonamides is 1. The van der Waals surface area contributed by atoms with E-state index >= 15 is 0 Å². The first-order valence-corrected chi connectivity index (χ1v) is 13.5. The molecule has 0 aliphatic heterocycles. The minimum absolute atomic E-state index is 0.134. The predicted octanol–water partition coefficient (Wildman–Crippen LogP) is 3.79. The van der Waals surface area contributed by atoms with E-state index in [1.165, 1.54) is 10.6 Å². The van der Waals surface area contributed by atoms with Crippen LogP contribution in [-0.2, 0) is 26.2 Å². The highest BCUT2D eigenvalue weighted by molar-refractivity contribution is 7.92. The summed E-state index contributed by atoms with van der Waals surface area (Å²) in [6.07, 6.45) is 2.45. The van der Waals surface area contributed by atoms with Gasteiger partial charge in [0.05, 0.1) is 11.9 Å². The number of nitrogens with one attached hydrogen (secondary N) is 1. The van der Waals surface area contributed by atoms with Crippen LogP contribution in [0.1, 0.15) is 49.8 Å². The Morgan fingerprint density at radius 1 is 0.971 bits per heavy atom.